The van der Waals surface area contributed by atoms with Gasteiger partial charge < -0.3 is 0 Å². The van der Waals surface area contributed by atoms with Crippen LogP contribution in [0.3, 0.4) is 0 Å². The molecule has 1 aromatic carbocycles. The topological polar surface area (TPSA) is 34.9 Å². The number of aryl methyl sites for hydroxylation is 1. The summed E-state index contributed by atoms with van der Waals surface area (Å²) < 4.78 is 1.95. The molecule has 0 radical (unpaired) electrons. The summed E-state index contributed by atoms with van der Waals surface area (Å²) in [6, 6.07) is 6.42. The van der Waals surface area contributed by atoms with Crippen LogP contribution in [0.2, 0.25) is 0 Å². The van der Waals surface area contributed by atoms with Crippen molar-refractivity contribution in [1.29, 1.82) is 0 Å². The summed E-state index contributed by atoms with van der Waals surface area (Å²) in [5.41, 5.74) is 2.55. The number of rotatable bonds is 3. The highest BCUT2D eigenvalue weighted by Crippen LogP contribution is 2.64. The molecule has 0 amide bonds. The first-order valence-corrected chi connectivity index (χ1v) is 13.4. The van der Waals surface area contributed by atoms with Crippen molar-refractivity contribution in [1.82, 2.24) is 9.78 Å². The maximum Gasteiger partial charge on any atom is 0.157 e. The Morgan fingerprint density at radius 2 is 1.91 bits per heavy atom. The molecule has 2 aromatic rings. The fourth-order valence-corrected chi connectivity index (χ4v) is 9.21. The molecular weight excluding hydrogens is 392 g/mol. The van der Waals surface area contributed by atoms with Crippen LogP contribution >= 0.6 is 0 Å². The summed E-state index contributed by atoms with van der Waals surface area (Å²) in [5.74, 6) is 6.19. The van der Waals surface area contributed by atoms with Gasteiger partial charge in [-0.25, -0.2) is 0 Å². The molecule has 0 saturated heterocycles. The number of hydrogen-bond acceptors (Lipinski definition) is 2. The molecule has 0 bridgehead atoms. The van der Waals surface area contributed by atoms with Crippen LogP contribution in [0.5, 0.6) is 0 Å². The van der Waals surface area contributed by atoms with E-state index in [2.05, 4.69) is 44.1 Å². The monoisotopic (exact) mass is 432 g/mol. The summed E-state index contributed by atoms with van der Waals surface area (Å²) in [6.07, 6.45) is 14.2. The van der Waals surface area contributed by atoms with E-state index >= 15 is 0 Å². The van der Waals surface area contributed by atoms with Crippen LogP contribution in [0.4, 0.5) is 0 Å². The average molecular weight is 433 g/mol. The standard InChI is InChI=1S/C29H40N2O/c1-18-4-7-22-20(14-18)6-8-24-23(22)12-13-29(3)25(24)9-10-26(29)28(32)17-31-27-11-5-19(2)15-21(27)16-30-31/h5,11,15-16,18,20,22-26H,4,6-10,12-14,17H2,1-3H3. The van der Waals surface area contributed by atoms with Crippen LogP contribution < -0.4 is 0 Å². The van der Waals surface area contributed by atoms with E-state index in [1.54, 1.807) is 0 Å². The lowest BCUT2D eigenvalue weighted by Gasteiger charge is -2.56. The fourth-order valence-electron chi connectivity index (χ4n) is 9.21. The van der Waals surface area contributed by atoms with Crippen molar-refractivity contribution in [2.75, 3.05) is 0 Å². The molecule has 1 aromatic heterocycles. The van der Waals surface area contributed by atoms with Crippen molar-refractivity contribution in [3.63, 3.8) is 0 Å². The van der Waals surface area contributed by atoms with Gasteiger partial charge in [-0.3, -0.25) is 9.48 Å². The molecule has 3 nitrogen and oxygen atoms in total. The number of carbonyl (C=O) groups is 1. The molecule has 32 heavy (non-hydrogen) atoms. The van der Waals surface area contributed by atoms with E-state index in [-0.39, 0.29) is 11.3 Å². The van der Waals surface area contributed by atoms with Crippen LogP contribution in [0.25, 0.3) is 10.9 Å². The summed E-state index contributed by atoms with van der Waals surface area (Å²) in [4.78, 5) is 13.6. The number of carbonyl (C=O) groups excluding carboxylic acids is 1. The minimum Gasteiger partial charge on any atom is -0.297 e. The summed E-state index contributed by atoms with van der Waals surface area (Å²) >= 11 is 0. The third-order valence-electron chi connectivity index (χ3n) is 10.7. The molecule has 172 valence electrons. The maximum absolute atomic E-state index is 13.6. The Bertz CT molecular complexity index is 1020. The first-order valence-electron chi connectivity index (χ1n) is 13.4. The van der Waals surface area contributed by atoms with Gasteiger partial charge in [-0.05, 0) is 111 Å². The van der Waals surface area contributed by atoms with Crippen LogP contribution in [-0.2, 0) is 11.3 Å². The number of ketones is 1. The first-order chi connectivity index (χ1) is 15.4. The zero-order valence-corrected chi connectivity index (χ0v) is 20.2. The number of benzene rings is 1. The van der Waals surface area contributed by atoms with Gasteiger partial charge in [0.1, 0.15) is 6.54 Å². The van der Waals surface area contributed by atoms with Crippen LogP contribution in [-0.4, -0.2) is 15.6 Å². The van der Waals surface area contributed by atoms with Gasteiger partial charge in [-0.1, -0.05) is 31.9 Å². The van der Waals surface area contributed by atoms with Gasteiger partial charge in [0.25, 0.3) is 0 Å². The van der Waals surface area contributed by atoms with E-state index in [9.17, 15) is 4.79 Å². The van der Waals surface area contributed by atoms with Crippen molar-refractivity contribution < 1.29 is 4.79 Å². The quantitative estimate of drug-likeness (QED) is 0.533. The SMILES string of the molecule is Cc1ccc2c(cnn2CC(=O)C2CCC3C4CCC5CC(C)CCC5C4CCC23C)c1. The Morgan fingerprint density at radius 3 is 2.78 bits per heavy atom. The van der Waals surface area contributed by atoms with E-state index in [0.29, 0.717) is 12.3 Å². The molecule has 4 aliphatic rings. The number of hydrogen-bond donors (Lipinski definition) is 0. The van der Waals surface area contributed by atoms with Crippen molar-refractivity contribution in [3.8, 4) is 0 Å². The highest BCUT2D eigenvalue weighted by atomic mass is 16.1. The highest BCUT2D eigenvalue weighted by Gasteiger charge is 2.58. The van der Waals surface area contributed by atoms with Crippen LogP contribution in [0.1, 0.15) is 77.2 Å². The lowest BCUT2D eigenvalue weighted by molar-refractivity contribution is -0.131. The number of aromatic nitrogens is 2. The smallest absolute Gasteiger partial charge is 0.157 e. The Balaban J connectivity index is 1.20. The lowest BCUT2D eigenvalue weighted by Crippen LogP contribution is -2.49. The molecule has 3 heteroatoms. The normalized spacial score (nSPS) is 41.2. The molecule has 0 spiro atoms. The zero-order chi connectivity index (χ0) is 22.0. The molecule has 4 saturated carbocycles. The van der Waals surface area contributed by atoms with Gasteiger partial charge in [0.15, 0.2) is 5.78 Å². The largest absolute Gasteiger partial charge is 0.297 e. The summed E-state index contributed by atoms with van der Waals surface area (Å²) in [6.45, 7) is 7.51. The van der Waals surface area contributed by atoms with Gasteiger partial charge >= 0.3 is 0 Å². The van der Waals surface area contributed by atoms with Gasteiger partial charge in [0.05, 0.1) is 11.7 Å². The van der Waals surface area contributed by atoms with Gasteiger partial charge in [-0.2, -0.15) is 5.10 Å². The summed E-state index contributed by atoms with van der Waals surface area (Å²) in [5, 5.41) is 5.73. The number of fused-ring (bicyclic) bond motifs is 6. The second-order valence-corrected chi connectivity index (χ2v) is 12.4. The molecule has 6 rings (SSSR count). The first kappa shape index (κ1) is 20.9. The molecule has 0 aliphatic heterocycles. The molecule has 1 heterocycles. The second kappa shape index (κ2) is 7.71. The predicted molar refractivity (Wildman–Crippen MR) is 129 cm³/mol. The van der Waals surface area contributed by atoms with Gasteiger partial charge in [0, 0.05) is 11.3 Å². The summed E-state index contributed by atoms with van der Waals surface area (Å²) in [7, 11) is 0. The van der Waals surface area contributed by atoms with E-state index in [1.807, 2.05) is 10.9 Å². The Labute approximate surface area is 193 Å². The Morgan fingerprint density at radius 1 is 1.06 bits per heavy atom. The van der Waals surface area contributed by atoms with Crippen LogP contribution in [0, 0.1) is 53.8 Å². The molecule has 8 atom stereocenters. The number of Topliss-reactive ketones (excluding diaryl/α,β-unsaturated/α-hetero) is 1. The lowest BCUT2D eigenvalue weighted by atomic mass is 9.49. The second-order valence-electron chi connectivity index (χ2n) is 12.4. The van der Waals surface area contributed by atoms with Gasteiger partial charge in [0.2, 0.25) is 0 Å². The zero-order valence-electron chi connectivity index (χ0n) is 20.2. The molecule has 4 aliphatic carbocycles. The number of nitrogens with zero attached hydrogens (tertiary/aromatic N) is 2. The average Bonchev–Trinajstić information content (AvgIpc) is 3.33. The van der Waals surface area contributed by atoms with E-state index < -0.39 is 0 Å². The molecule has 0 N–H and O–H groups in total. The maximum atomic E-state index is 13.6. The molecule has 8 unspecified atom stereocenters. The third kappa shape index (κ3) is 3.21. The molecule has 4 fully saturated rings. The van der Waals surface area contributed by atoms with Crippen LogP contribution in [0.15, 0.2) is 24.4 Å². The van der Waals surface area contributed by atoms with Gasteiger partial charge in [-0.15, -0.1) is 0 Å². The van der Waals surface area contributed by atoms with Crippen molar-refractivity contribution in [2.24, 2.45) is 46.8 Å². The Kier molecular flexibility index (Phi) is 5.04. The van der Waals surface area contributed by atoms with Crippen molar-refractivity contribution in [3.05, 3.63) is 30.0 Å². The third-order valence-corrected chi connectivity index (χ3v) is 10.7. The minimum absolute atomic E-state index is 0.215. The van der Waals surface area contributed by atoms with E-state index in [4.69, 9.17) is 0 Å². The van der Waals surface area contributed by atoms with Crippen molar-refractivity contribution >= 4 is 16.7 Å². The fraction of sp³-hybridized carbons (Fsp3) is 0.724. The van der Waals surface area contributed by atoms with Crippen molar-refractivity contribution in [2.45, 2.75) is 85.1 Å². The highest BCUT2D eigenvalue weighted by molar-refractivity contribution is 5.85. The molecular formula is C29H40N2O. The minimum atomic E-state index is 0.215. The Hall–Kier alpha value is -1.64. The van der Waals surface area contributed by atoms with E-state index in [1.165, 1.54) is 56.9 Å². The van der Waals surface area contributed by atoms with E-state index in [0.717, 1.165) is 52.8 Å². The predicted octanol–water partition coefficient (Wildman–Crippen LogP) is 6.82.